The minimum atomic E-state index is -0.766. The molecule has 0 saturated heterocycles. The summed E-state index contributed by atoms with van der Waals surface area (Å²) in [5.41, 5.74) is 0.625. The van der Waals surface area contributed by atoms with Crippen molar-refractivity contribution in [3.8, 4) is 5.75 Å². The third kappa shape index (κ3) is 3.38. The van der Waals surface area contributed by atoms with E-state index >= 15 is 0 Å². The van der Waals surface area contributed by atoms with Gasteiger partial charge < -0.3 is 9.84 Å². The van der Waals surface area contributed by atoms with Crippen LogP contribution >= 0.6 is 0 Å². The molecule has 0 bridgehead atoms. The molecule has 0 aromatic heterocycles. The second kappa shape index (κ2) is 6.55. The molecule has 0 spiro atoms. The van der Waals surface area contributed by atoms with Crippen molar-refractivity contribution in [2.45, 2.75) is 32.1 Å². The summed E-state index contributed by atoms with van der Waals surface area (Å²) in [5.74, 6) is -0.438. The van der Waals surface area contributed by atoms with E-state index < -0.39 is 5.97 Å². The molecule has 20 heavy (non-hydrogen) atoms. The fraction of sp³-hybridized carbons (Fsp3) is 0.500. The van der Waals surface area contributed by atoms with Gasteiger partial charge in [0.1, 0.15) is 5.75 Å². The van der Waals surface area contributed by atoms with Gasteiger partial charge in [0, 0.05) is 12.0 Å². The smallest absolute Gasteiger partial charge is 0.306 e. The molecular weight excluding hydrogens is 256 g/mol. The highest BCUT2D eigenvalue weighted by molar-refractivity contribution is 5.96. The number of methoxy groups -OCH3 is 1. The summed E-state index contributed by atoms with van der Waals surface area (Å²) in [6.45, 7) is 0. The summed E-state index contributed by atoms with van der Waals surface area (Å²) in [6.07, 6.45) is 3.81. The van der Waals surface area contributed by atoms with E-state index in [0.29, 0.717) is 24.2 Å². The standard InChI is InChI=1S/C16H20O4/c1-20-13-8-6-11(7-9-13)15(17)10-12-4-2-3-5-14(12)16(18)19/h6-9,12,14H,2-5,10H2,1H3,(H,18,19). The number of rotatable bonds is 5. The first-order chi connectivity index (χ1) is 9.61. The topological polar surface area (TPSA) is 63.6 Å². The summed E-state index contributed by atoms with van der Waals surface area (Å²) in [7, 11) is 1.58. The number of carboxylic acids is 1. The molecule has 4 heteroatoms. The van der Waals surface area contributed by atoms with Crippen molar-refractivity contribution in [3.05, 3.63) is 29.8 Å². The zero-order valence-electron chi connectivity index (χ0n) is 11.7. The molecular formula is C16H20O4. The number of carbonyl (C=O) groups is 2. The molecule has 0 amide bonds. The van der Waals surface area contributed by atoms with Gasteiger partial charge in [0.15, 0.2) is 5.78 Å². The van der Waals surface area contributed by atoms with E-state index in [0.717, 1.165) is 19.3 Å². The molecule has 4 nitrogen and oxygen atoms in total. The number of ketones is 1. The maximum atomic E-state index is 12.2. The minimum absolute atomic E-state index is 0.0193. The molecule has 0 heterocycles. The van der Waals surface area contributed by atoms with Gasteiger partial charge in [0.25, 0.3) is 0 Å². The summed E-state index contributed by atoms with van der Waals surface area (Å²) in [4.78, 5) is 23.5. The Morgan fingerprint density at radius 2 is 1.85 bits per heavy atom. The van der Waals surface area contributed by atoms with Gasteiger partial charge in [-0.25, -0.2) is 0 Å². The highest BCUT2D eigenvalue weighted by Crippen LogP contribution is 2.33. The Morgan fingerprint density at radius 3 is 2.45 bits per heavy atom. The zero-order chi connectivity index (χ0) is 14.5. The van der Waals surface area contributed by atoms with Crippen molar-refractivity contribution in [1.29, 1.82) is 0 Å². The van der Waals surface area contributed by atoms with Crippen molar-refractivity contribution < 1.29 is 19.4 Å². The third-order valence-electron chi connectivity index (χ3n) is 4.09. The Balaban J connectivity index is 2.03. The van der Waals surface area contributed by atoms with E-state index in [9.17, 15) is 14.7 Å². The van der Waals surface area contributed by atoms with Crippen molar-refractivity contribution in [1.82, 2.24) is 0 Å². The molecule has 2 rings (SSSR count). The lowest BCUT2D eigenvalue weighted by molar-refractivity contribution is -0.144. The Morgan fingerprint density at radius 1 is 1.20 bits per heavy atom. The average molecular weight is 276 g/mol. The van der Waals surface area contributed by atoms with Crippen LogP contribution < -0.4 is 4.74 Å². The highest BCUT2D eigenvalue weighted by Gasteiger charge is 2.32. The Kier molecular flexibility index (Phi) is 4.77. The van der Waals surface area contributed by atoms with Gasteiger partial charge in [-0.1, -0.05) is 12.8 Å². The number of benzene rings is 1. The number of ether oxygens (including phenoxy) is 1. The lowest BCUT2D eigenvalue weighted by Crippen LogP contribution is -2.28. The van der Waals surface area contributed by atoms with Gasteiger partial charge in [0.05, 0.1) is 13.0 Å². The van der Waals surface area contributed by atoms with Crippen LogP contribution in [0.5, 0.6) is 5.75 Å². The van der Waals surface area contributed by atoms with Crippen molar-refractivity contribution in [2.75, 3.05) is 7.11 Å². The molecule has 1 aromatic rings. The van der Waals surface area contributed by atoms with Gasteiger partial charge in [-0.15, -0.1) is 0 Å². The molecule has 1 saturated carbocycles. The lowest BCUT2D eigenvalue weighted by atomic mass is 9.76. The first-order valence-corrected chi connectivity index (χ1v) is 7.02. The fourth-order valence-corrected chi connectivity index (χ4v) is 2.91. The van der Waals surface area contributed by atoms with E-state index in [1.54, 1.807) is 31.4 Å². The molecule has 0 aliphatic heterocycles. The number of carboxylic acid groups (broad SMARTS) is 1. The fourth-order valence-electron chi connectivity index (χ4n) is 2.91. The lowest BCUT2D eigenvalue weighted by Gasteiger charge is -2.27. The molecule has 108 valence electrons. The number of aliphatic carboxylic acids is 1. The van der Waals surface area contributed by atoms with Crippen LogP contribution in [0.25, 0.3) is 0 Å². The van der Waals surface area contributed by atoms with E-state index in [2.05, 4.69) is 0 Å². The quantitative estimate of drug-likeness (QED) is 0.839. The summed E-state index contributed by atoms with van der Waals surface area (Å²) in [6, 6.07) is 6.98. The van der Waals surface area contributed by atoms with E-state index in [1.165, 1.54) is 0 Å². The molecule has 1 fully saturated rings. The number of hydrogen-bond acceptors (Lipinski definition) is 3. The second-order valence-electron chi connectivity index (χ2n) is 5.35. The van der Waals surface area contributed by atoms with Crippen molar-refractivity contribution >= 4 is 11.8 Å². The molecule has 1 aliphatic carbocycles. The van der Waals surface area contributed by atoms with Crippen LogP contribution in [0.4, 0.5) is 0 Å². The van der Waals surface area contributed by atoms with Gasteiger partial charge in [-0.3, -0.25) is 9.59 Å². The van der Waals surface area contributed by atoms with Crippen LogP contribution in [0.15, 0.2) is 24.3 Å². The Labute approximate surface area is 118 Å². The number of carbonyl (C=O) groups excluding carboxylic acids is 1. The van der Waals surface area contributed by atoms with Gasteiger partial charge in [-0.2, -0.15) is 0 Å². The predicted octanol–water partition coefficient (Wildman–Crippen LogP) is 3.16. The average Bonchev–Trinajstić information content (AvgIpc) is 2.47. The summed E-state index contributed by atoms with van der Waals surface area (Å²) < 4.78 is 5.06. The maximum Gasteiger partial charge on any atom is 0.306 e. The van der Waals surface area contributed by atoms with Crippen LogP contribution in [0.3, 0.4) is 0 Å². The van der Waals surface area contributed by atoms with Crippen molar-refractivity contribution in [2.24, 2.45) is 11.8 Å². The van der Waals surface area contributed by atoms with Crippen LogP contribution in [0, 0.1) is 11.8 Å². The molecule has 2 unspecified atom stereocenters. The van der Waals surface area contributed by atoms with Crippen LogP contribution in [0.2, 0.25) is 0 Å². The molecule has 1 aromatic carbocycles. The Hall–Kier alpha value is -1.84. The summed E-state index contributed by atoms with van der Waals surface area (Å²) >= 11 is 0. The van der Waals surface area contributed by atoms with Crippen molar-refractivity contribution in [3.63, 3.8) is 0 Å². The largest absolute Gasteiger partial charge is 0.497 e. The number of Topliss-reactive ketones (excluding diaryl/α,β-unsaturated/α-hetero) is 1. The van der Waals surface area contributed by atoms with Gasteiger partial charge in [-0.05, 0) is 43.0 Å². The normalized spacial score (nSPS) is 22.2. The first kappa shape index (κ1) is 14.6. The van der Waals surface area contributed by atoms with E-state index in [4.69, 9.17) is 4.74 Å². The number of hydrogen-bond donors (Lipinski definition) is 1. The van der Waals surface area contributed by atoms with E-state index in [1.807, 2.05) is 0 Å². The molecule has 0 radical (unpaired) electrons. The van der Waals surface area contributed by atoms with Crippen LogP contribution in [0.1, 0.15) is 42.5 Å². The third-order valence-corrected chi connectivity index (χ3v) is 4.09. The minimum Gasteiger partial charge on any atom is -0.497 e. The monoisotopic (exact) mass is 276 g/mol. The maximum absolute atomic E-state index is 12.2. The van der Waals surface area contributed by atoms with E-state index in [-0.39, 0.29) is 17.6 Å². The summed E-state index contributed by atoms with van der Waals surface area (Å²) in [5, 5.41) is 9.23. The van der Waals surface area contributed by atoms with Crippen LogP contribution in [-0.4, -0.2) is 24.0 Å². The first-order valence-electron chi connectivity index (χ1n) is 7.02. The highest BCUT2D eigenvalue weighted by atomic mass is 16.5. The predicted molar refractivity (Wildman–Crippen MR) is 75.0 cm³/mol. The molecule has 1 aliphatic rings. The van der Waals surface area contributed by atoms with Gasteiger partial charge in [0.2, 0.25) is 0 Å². The zero-order valence-corrected chi connectivity index (χ0v) is 11.7. The Bertz CT molecular complexity index is 478. The SMILES string of the molecule is COc1ccc(C(=O)CC2CCCCC2C(=O)O)cc1. The van der Waals surface area contributed by atoms with Crippen LogP contribution in [-0.2, 0) is 4.79 Å². The molecule has 2 atom stereocenters. The molecule has 1 N–H and O–H groups in total. The second-order valence-corrected chi connectivity index (χ2v) is 5.35. The van der Waals surface area contributed by atoms with Gasteiger partial charge >= 0.3 is 5.97 Å².